The average Bonchev–Trinajstić information content (AvgIpc) is 2.69. The fourth-order valence-corrected chi connectivity index (χ4v) is 2.88. The van der Waals surface area contributed by atoms with Crippen molar-refractivity contribution in [1.82, 2.24) is 9.55 Å². The van der Waals surface area contributed by atoms with E-state index in [4.69, 9.17) is 4.74 Å². The van der Waals surface area contributed by atoms with Gasteiger partial charge in [0.1, 0.15) is 6.54 Å². The van der Waals surface area contributed by atoms with Gasteiger partial charge in [-0.15, -0.1) is 0 Å². The molecule has 8 nitrogen and oxygen atoms in total. The molecule has 3 aromatic rings. The Labute approximate surface area is 173 Å². The molecule has 2 amide bonds. The van der Waals surface area contributed by atoms with Crippen molar-refractivity contribution in [3.63, 3.8) is 0 Å². The first kappa shape index (κ1) is 21.0. The third-order valence-corrected chi connectivity index (χ3v) is 4.31. The number of rotatable bonds is 6. The molecule has 0 saturated heterocycles. The minimum atomic E-state index is -0.559. The molecule has 3 rings (SSSR count). The Hall–Kier alpha value is -3.68. The molecule has 0 spiro atoms. The van der Waals surface area contributed by atoms with Gasteiger partial charge in [-0.1, -0.05) is 32.0 Å². The molecule has 156 valence electrons. The van der Waals surface area contributed by atoms with Gasteiger partial charge in [0.2, 0.25) is 5.91 Å². The Morgan fingerprint density at radius 3 is 2.53 bits per heavy atom. The molecular formula is C22H24N4O4. The van der Waals surface area contributed by atoms with Crippen molar-refractivity contribution < 1.29 is 14.3 Å². The van der Waals surface area contributed by atoms with Crippen LogP contribution in [0.5, 0.6) is 0 Å². The molecule has 30 heavy (non-hydrogen) atoms. The zero-order valence-electron chi connectivity index (χ0n) is 17.1. The summed E-state index contributed by atoms with van der Waals surface area (Å²) >= 11 is 0. The van der Waals surface area contributed by atoms with Crippen LogP contribution in [0.1, 0.15) is 19.4 Å². The molecule has 0 aliphatic carbocycles. The first-order chi connectivity index (χ1) is 14.3. The number of aryl methyl sites for hydroxylation is 1. The molecule has 0 saturated carbocycles. The summed E-state index contributed by atoms with van der Waals surface area (Å²) in [6, 6.07) is 12.0. The van der Waals surface area contributed by atoms with Crippen LogP contribution in [0.2, 0.25) is 0 Å². The summed E-state index contributed by atoms with van der Waals surface area (Å²) in [4.78, 5) is 41.2. The van der Waals surface area contributed by atoms with E-state index in [1.165, 1.54) is 10.9 Å². The first-order valence-electron chi connectivity index (χ1n) is 9.62. The first-order valence-corrected chi connectivity index (χ1v) is 9.62. The van der Waals surface area contributed by atoms with Crippen LogP contribution in [0.25, 0.3) is 10.9 Å². The Bertz CT molecular complexity index is 1140. The molecule has 8 heteroatoms. The Balaban J connectivity index is 1.67. The highest BCUT2D eigenvalue weighted by Crippen LogP contribution is 2.16. The SMILES string of the molecule is Cc1cccc2c(=O)n(CC(=O)Nc3cccc(NC(=O)OCC(C)C)c3)cnc12. The van der Waals surface area contributed by atoms with Crippen molar-refractivity contribution in [1.29, 1.82) is 0 Å². The Morgan fingerprint density at radius 1 is 1.10 bits per heavy atom. The molecule has 1 aromatic heterocycles. The van der Waals surface area contributed by atoms with Crippen LogP contribution in [0.15, 0.2) is 53.6 Å². The maximum absolute atomic E-state index is 12.6. The molecule has 0 aliphatic heterocycles. The minimum absolute atomic E-state index is 0.177. The van der Waals surface area contributed by atoms with Gasteiger partial charge >= 0.3 is 6.09 Å². The molecule has 0 radical (unpaired) electrons. The van der Waals surface area contributed by atoms with Crippen molar-refractivity contribution in [3.05, 3.63) is 64.7 Å². The normalized spacial score (nSPS) is 10.8. The Morgan fingerprint density at radius 2 is 1.80 bits per heavy atom. The lowest BCUT2D eigenvalue weighted by atomic mass is 10.1. The van der Waals surface area contributed by atoms with E-state index >= 15 is 0 Å². The van der Waals surface area contributed by atoms with Crippen LogP contribution < -0.4 is 16.2 Å². The van der Waals surface area contributed by atoms with Gasteiger partial charge in [-0.05, 0) is 42.7 Å². The van der Waals surface area contributed by atoms with E-state index in [0.29, 0.717) is 28.9 Å². The third kappa shape index (κ3) is 5.22. The second-order valence-electron chi connectivity index (χ2n) is 7.39. The predicted molar refractivity (Wildman–Crippen MR) is 116 cm³/mol. The summed E-state index contributed by atoms with van der Waals surface area (Å²) in [6.07, 6.45) is 0.816. The number of amides is 2. The average molecular weight is 408 g/mol. The van der Waals surface area contributed by atoms with E-state index in [1.807, 2.05) is 26.8 Å². The quantitative estimate of drug-likeness (QED) is 0.649. The van der Waals surface area contributed by atoms with E-state index in [0.717, 1.165) is 5.56 Å². The second kappa shape index (κ2) is 9.21. The summed E-state index contributed by atoms with van der Waals surface area (Å²) < 4.78 is 6.35. The molecule has 2 aromatic carbocycles. The number of anilines is 2. The topological polar surface area (TPSA) is 102 Å². The predicted octanol–water partition coefficient (Wildman–Crippen LogP) is 3.55. The largest absolute Gasteiger partial charge is 0.449 e. The summed E-state index contributed by atoms with van der Waals surface area (Å²) in [5.74, 6) is -0.149. The number of hydrogen-bond acceptors (Lipinski definition) is 5. The zero-order valence-corrected chi connectivity index (χ0v) is 17.1. The summed E-state index contributed by atoms with van der Waals surface area (Å²) in [5, 5.41) is 5.81. The van der Waals surface area contributed by atoms with Crippen molar-refractivity contribution in [3.8, 4) is 0 Å². The molecule has 0 aliphatic rings. The highest BCUT2D eigenvalue weighted by molar-refractivity contribution is 5.92. The van der Waals surface area contributed by atoms with Gasteiger partial charge in [-0.3, -0.25) is 19.5 Å². The molecule has 0 fully saturated rings. The number of carbonyl (C=O) groups is 2. The monoisotopic (exact) mass is 408 g/mol. The van der Waals surface area contributed by atoms with Gasteiger partial charge in [0, 0.05) is 11.4 Å². The summed E-state index contributed by atoms with van der Waals surface area (Å²) in [7, 11) is 0. The summed E-state index contributed by atoms with van der Waals surface area (Å²) in [6.45, 7) is 5.91. The number of carbonyl (C=O) groups excluding carboxylic acids is 2. The maximum Gasteiger partial charge on any atom is 0.411 e. The Kier molecular flexibility index (Phi) is 6.46. The van der Waals surface area contributed by atoms with Crippen molar-refractivity contribution in [2.24, 2.45) is 5.92 Å². The maximum atomic E-state index is 12.6. The number of nitrogens with zero attached hydrogens (tertiary/aromatic N) is 2. The highest BCUT2D eigenvalue weighted by atomic mass is 16.5. The fraction of sp³-hybridized carbons (Fsp3) is 0.273. The number of ether oxygens (including phenoxy) is 1. The van der Waals surface area contributed by atoms with E-state index in [9.17, 15) is 14.4 Å². The fourth-order valence-electron chi connectivity index (χ4n) is 2.88. The number of para-hydroxylation sites is 1. The summed E-state index contributed by atoms with van der Waals surface area (Å²) in [5.41, 5.74) is 2.22. The lowest BCUT2D eigenvalue weighted by molar-refractivity contribution is -0.116. The van der Waals surface area contributed by atoms with Gasteiger partial charge in [-0.25, -0.2) is 9.78 Å². The van der Waals surface area contributed by atoms with Crippen molar-refractivity contribution in [2.75, 3.05) is 17.2 Å². The lowest BCUT2D eigenvalue weighted by Crippen LogP contribution is -2.28. The number of fused-ring (bicyclic) bond motifs is 1. The van der Waals surface area contributed by atoms with Crippen molar-refractivity contribution >= 4 is 34.3 Å². The number of hydrogen-bond donors (Lipinski definition) is 2. The van der Waals surface area contributed by atoms with Gasteiger partial charge in [-0.2, -0.15) is 0 Å². The van der Waals surface area contributed by atoms with E-state index in [-0.39, 0.29) is 23.9 Å². The second-order valence-corrected chi connectivity index (χ2v) is 7.39. The van der Waals surface area contributed by atoms with Gasteiger partial charge in [0.05, 0.1) is 23.8 Å². The van der Waals surface area contributed by atoms with Crippen molar-refractivity contribution in [2.45, 2.75) is 27.3 Å². The number of nitrogens with one attached hydrogen (secondary N) is 2. The molecule has 2 N–H and O–H groups in total. The molecule has 0 unspecified atom stereocenters. The smallest absolute Gasteiger partial charge is 0.411 e. The zero-order chi connectivity index (χ0) is 21.7. The molecule has 1 heterocycles. The van der Waals surface area contributed by atoms with Crippen LogP contribution in [0, 0.1) is 12.8 Å². The van der Waals surface area contributed by atoms with Gasteiger partial charge in [0.15, 0.2) is 0 Å². The van der Waals surface area contributed by atoms with Crippen LogP contribution in [-0.4, -0.2) is 28.2 Å². The minimum Gasteiger partial charge on any atom is -0.449 e. The molecule has 0 bridgehead atoms. The van der Waals surface area contributed by atoms with Crippen LogP contribution >= 0.6 is 0 Å². The van der Waals surface area contributed by atoms with Crippen LogP contribution in [0.4, 0.5) is 16.2 Å². The van der Waals surface area contributed by atoms with Crippen LogP contribution in [-0.2, 0) is 16.1 Å². The van der Waals surface area contributed by atoms with Gasteiger partial charge in [0.25, 0.3) is 5.56 Å². The lowest BCUT2D eigenvalue weighted by Gasteiger charge is -2.11. The van der Waals surface area contributed by atoms with E-state index < -0.39 is 6.09 Å². The van der Waals surface area contributed by atoms with E-state index in [1.54, 1.807) is 36.4 Å². The molecule has 0 atom stereocenters. The standard InChI is InChI=1S/C22H24N4O4/c1-14(2)12-30-22(29)25-17-8-5-7-16(10-17)24-19(27)11-26-13-23-20-15(3)6-4-9-18(20)21(26)28/h4-10,13-14H,11-12H2,1-3H3,(H,24,27)(H,25,29). The van der Waals surface area contributed by atoms with Crippen LogP contribution in [0.3, 0.4) is 0 Å². The number of benzene rings is 2. The third-order valence-electron chi connectivity index (χ3n) is 4.31. The van der Waals surface area contributed by atoms with Gasteiger partial charge < -0.3 is 10.1 Å². The number of aromatic nitrogens is 2. The van der Waals surface area contributed by atoms with E-state index in [2.05, 4.69) is 15.6 Å². The highest BCUT2D eigenvalue weighted by Gasteiger charge is 2.10. The molecular weight excluding hydrogens is 384 g/mol.